The number of ether oxygens (including phenoxy) is 1. The number of nitrogens with zero attached hydrogens (tertiary/aromatic N) is 1. The number of fused-ring (bicyclic) bond motifs is 5. The number of esters is 1. The third-order valence-electron chi connectivity index (χ3n) is 8.45. The van der Waals surface area contributed by atoms with Crippen LogP contribution in [-0.4, -0.2) is 22.5 Å². The monoisotopic (exact) mass is 369 g/mol. The van der Waals surface area contributed by atoms with Gasteiger partial charge in [0.15, 0.2) is 5.60 Å². The minimum absolute atomic E-state index is 0.0673. The van der Waals surface area contributed by atoms with E-state index in [-0.39, 0.29) is 11.4 Å². The Morgan fingerprint density at radius 2 is 2.11 bits per heavy atom. The van der Waals surface area contributed by atoms with Crippen LogP contribution in [0.25, 0.3) is 0 Å². The average Bonchev–Trinajstić information content (AvgIpc) is 3.01. The molecular formula is C23H31NO3. The highest BCUT2D eigenvalue weighted by Crippen LogP contribution is 2.67. The summed E-state index contributed by atoms with van der Waals surface area (Å²) in [5.74, 6) is 5.25. The average molecular weight is 370 g/mol. The van der Waals surface area contributed by atoms with Crippen molar-refractivity contribution >= 4 is 11.7 Å². The van der Waals surface area contributed by atoms with Gasteiger partial charge in [-0.15, -0.1) is 6.42 Å². The third kappa shape index (κ3) is 2.57. The minimum atomic E-state index is -0.720. The smallest absolute Gasteiger partial charge is 0.304 e. The maximum atomic E-state index is 11.9. The molecule has 1 N–H and O–H groups in total. The van der Waals surface area contributed by atoms with E-state index >= 15 is 0 Å². The van der Waals surface area contributed by atoms with E-state index in [0.29, 0.717) is 23.7 Å². The quantitative estimate of drug-likeness (QED) is 0.332. The molecule has 0 amide bonds. The Kier molecular flexibility index (Phi) is 4.61. The van der Waals surface area contributed by atoms with Crippen molar-refractivity contribution in [2.45, 2.75) is 77.2 Å². The van der Waals surface area contributed by atoms with Gasteiger partial charge in [0.05, 0.1) is 5.71 Å². The van der Waals surface area contributed by atoms with Gasteiger partial charge in [0.2, 0.25) is 0 Å². The van der Waals surface area contributed by atoms with E-state index in [0.717, 1.165) is 57.1 Å². The Hall–Kier alpha value is -1.76. The Bertz CT molecular complexity index is 732. The SMILES string of the molecule is C#C[C@]1(OC(C)=O)CC[C@H]2[C@@H]3CCC4=C/C(=N/O)CC[C@H]4[C@@H]3CC[C@@]21CC. The highest BCUT2D eigenvalue weighted by Gasteiger charge is 2.65. The van der Waals surface area contributed by atoms with Gasteiger partial charge < -0.3 is 9.94 Å². The molecule has 146 valence electrons. The van der Waals surface area contributed by atoms with Gasteiger partial charge >= 0.3 is 5.97 Å². The predicted octanol–water partition coefficient (Wildman–Crippen LogP) is 4.71. The number of hydrogen-bond acceptors (Lipinski definition) is 4. The number of rotatable bonds is 2. The normalized spacial score (nSPS) is 44.5. The zero-order valence-corrected chi connectivity index (χ0v) is 16.5. The molecular weight excluding hydrogens is 338 g/mol. The van der Waals surface area contributed by atoms with Gasteiger partial charge in [-0.25, -0.2) is 0 Å². The van der Waals surface area contributed by atoms with Crippen LogP contribution >= 0.6 is 0 Å². The zero-order chi connectivity index (χ0) is 19.2. The molecule has 0 aromatic carbocycles. The van der Waals surface area contributed by atoms with Crippen LogP contribution in [0.2, 0.25) is 0 Å². The standard InChI is InChI=1S/C23H31NO3/c1-4-22-12-10-19-18-9-7-17(24-26)14-16(18)6-8-20(19)21(22)11-13-23(22,5-2)27-15(3)25/h2,14,18-21,26H,4,6-13H2,1,3H3/b24-17+/t18-,19+,20-,21+,22+,23+/m1/s1. The molecule has 4 nitrogen and oxygen atoms in total. The molecule has 27 heavy (non-hydrogen) atoms. The van der Waals surface area contributed by atoms with E-state index in [1.54, 1.807) is 0 Å². The minimum Gasteiger partial charge on any atom is -0.445 e. The second-order valence-corrected chi connectivity index (χ2v) is 9.08. The largest absolute Gasteiger partial charge is 0.445 e. The summed E-state index contributed by atoms with van der Waals surface area (Å²) >= 11 is 0. The fourth-order valence-corrected chi connectivity index (χ4v) is 7.45. The molecule has 3 fully saturated rings. The summed E-state index contributed by atoms with van der Waals surface area (Å²) in [7, 11) is 0. The van der Waals surface area contributed by atoms with Gasteiger partial charge in [0.1, 0.15) is 0 Å². The van der Waals surface area contributed by atoms with Crippen LogP contribution in [0.1, 0.15) is 71.6 Å². The predicted molar refractivity (Wildman–Crippen MR) is 104 cm³/mol. The lowest BCUT2D eigenvalue weighted by Crippen LogP contribution is -2.55. The lowest BCUT2D eigenvalue weighted by Gasteiger charge is -2.56. The van der Waals surface area contributed by atoms with Gasteiger partial charge in [-0.1, -0.05) is 23.6 Å². The molecule has 4 aliphatic carbocycles. The molecule has 0 unspecified atom stereocenters. The highest BCUT2D eigenvalue weighted by atomic mass is 16.6. The summed E-state index contributed by atoms with van der Waals surface area (Å²) in [6.45, 7) is 3.72. The number of allylic oxidation sites excluding steroid dienone is 2. The van der Waals surface area contributed by atoms with E-state index in [1.807, 2.05) is 0 Å². The van der Waals surface area contributed by atoms with E-state index in [4.69, 9.17) is 16.4 Å². The first-order chi connectivity index (χ1) is 13.0. The maximum absolute atomic E-state index is 11.9. The van der Waals surface area contributed by atoms with Gasteiger partial charge in [-0.2, -0.15) is 0 Å². The second-order valence-electron chi connectivity index (χ2n) is 9.08. The van der Waals surface area contributed by atoms with Crippen LogP contribution in [0.15, 0.2) is 16.8 Å². The molecule has 4 aliphatic rings. The molecule has 3 saturated carbocycles. The van der Waals surface area contributed by atoms with Crippen LogP contribution in [0.4, 0.5) is 0 Å². The van der Waals surface area contributed by atoms with E-state index in [2.05, 4.69) is 24.1 Å². The van der Waals surface area contributed by atoms with E-state index in [1.165, 1.54) is 18.9 Å². The first kappa shape index (κ1) is 18.6. The fraction of sp³-hybridized carbons (Fsp3) is 0.739. The third-order valence-corrected chi connectivity index (χ3v) is 8.45. The van der Waals surface area contributed by atoms with Crippen LogP contribution < -0.4 is 0 Å². The first-order valence-corrected chi connectivity index (χ1v) is 10.6. The molecule has 0 heterocycles. The van der Waals surface area contributed by atoms with Crippen molar-refractivity contribution in [2.24, 2.45) is 34.2 Å². The van der Waals surface area contributed by atoms with Crippen LogP contribution in [0.3, 0.4) is 0 Å². The van der Waals surface area contributed by atoms with Crippen molar-refractivity contribution in [3.8, 4) is 12.3 Å². The fourth-order valence-electron chi connectivity index (χ4n) is 7.45. The number of carbonyl (C=O) groups is 1. The van der Waals surface area contributed by atoms with Crippen molar-refractivity contribution in [1.82, 2.24) is 0 Å². The summed E-state index contributed by atoms with van der Waals surface area (Å²) < 4.78 is 5.90. The molecule has 0 aromatic rings. The Labute approximate surface area is 162 Å². The number of terminal acetylenes is 1. The molecule has 0 aromatic heterocycles. The lowest BCUT2D eigenvalue weighted by atomic mass is 9.49. The molecule has 4 heteroatoms. The molecule has 0 radical (unpaired) electrons. The Balaban J connectivity index is 1.66. The second kappa shape index (κ2) is 6.69. The number of oxime groups is 1. The van der Waals surface area contributed by atoms with Crippen molar-refractivity contribution in [3.05, 3.63) is 11.6 Å². The van der Waals surface area contributed by atoms with Crippen LogP contribution in [0.5, 0.6) is 0 Å². The van der Waals surface area contributed by atoms with Gasteiger partial charge in [-0.05, 0) is 87.5 Å². The van der Waals surface area contributed by atoms with Gasteiger partial charge in [-0.3, -0.25) is 4.79 Å². The van der Waals surface area contributed by atoms with Gasteiger partial charge in [0, 0.05) is 12.3 Å². The summed E-state index contributed by atoms with van der Waals surface area (Å²) in [4.78, 5) is 11.9. The molecule has 4 rings (SSSR count). The van der Waals surface area contributed by atoms with Crippen LogP contribution in [-0.2, 0) is 9.53 Å². The molecule has 0 bridgehead atoms. The number of carbonyl (C=O) groups excluding carboxylic acids is 1. The molecule has 0 aliphatic heterocycles. The Morgan fingerprint density at radius 3 is 2.78 bits per heavy atom. The molecule has 6 atom stereocenters. The lowest BCUT2D eigenvalue weighted by molar-refractivity contribution is -0.170. The van der Waals surface area contributed by atoms with Crippen molar-refractivity contribution < 1.29 is 14.7 Å². The highest BCUT2D eigenvalue weighted by molar-refractivity contribution is 5.96. The molecule has 0 spiro atoms. The first-order valence-electron chi connectivity index (χ1n) is 10.6. The summed E-state index contributed by atoms with van der Waals surface area (Å²) in [6, 6.07) is 0. The molecule has 0 saturated heterocycles. The zero-order valence-electron chi connectivity index (χ0n) is 16.5. The Morgan fingerprint density at radius 1 is 1.30 bits per heavy atom. The maximum Gasteiger partial charge on any atom is 0.304 e. The van der Waals surface area contributed by atoms with Gasteiger partial charge in [0.25, 0.3) is 0 Å². The number of hydrogen-bond donors (Lipinski definition) is 1. The van der Waals surface area contributed by atoms with Crippen molar-refractivity contribution in [1.29, 1.82) is 0 Å². The van der Waals surface area contributed by atoms with E-state index < -0.39 is 5.60 Å². The van der Waals surface area contributed by atoms with Crippen LogP contribution in [0, 0.1) is 41.4 Å². The topological polar surface area (TPSA) is 58.9 Å². The summed E-state index contributed by atoms with van der Waals surface area (Å²) in [6.07, 6.45) is 17.5. The summed E-state index contributed by atoms with van der Waals surface area (Å²) in [5.41, 5.74) is 1.53. The van der Waals surface area contributed by atoms with Crippen molar-refractivity contribution in [3.63, 3.8) is 0 Å². The summed E-state index contributed by atoms with van der Waals surface area (Å²) in [5, 5.41) is 12.6. The van der Waals surface area contributed by atoms with Crippen molar-refractivity contribution in [2.75, 3.05) is 0 Å². The van der Waals surface area contributed by atoms with E-state index in [9.17, 15) is 4.79 Å².